The minimum atomic E-state index is -0.734. The van der Waals surface area contributed by atoms with Crippen molar-refractivity contribution in [2.24, 2.45) is 5.73 Å². The number of benzene rings is 1. The number of nitrogens with one attached hydrogen (secondary N) is 2. The van der Waals surface area contributed by atoms with Crippen LogP contribution in [-0.2, 0) is 4.79 Å². The molecule has 1 aliphatic rings. The standard InChI is InChI=1S/C17H18N4O2.2ClH/c18-17(7-1-2-8-17)16(22)19-11-5-6-12-13(10-11)21-15(20-12)14-4-3-9-23-14;;/h3-6,9-10H,1-2,7-8,18H2,(H,19,22)(H,20,21);2*1H. The van der Waals surface area contributed by atoms with Crippen molar-refractivity contribution < 1.29 is 9.21 Å². The molecule has 1 aromatic carbocycles. The molecule has 134 valence electrons. The van der Waals surface area contributed by atoms with Gasteiger partial charge in [0.2, 0.25) is 5.91 Å². The predicted octanol–water partition coefficient (Wildman–Crippen LogP) is 3.88. The number of H-pyrrole nitrogens is 1. The number of anilines is 1. The van der Waals surface area contributed by atoms with Crippen LogP contribution >= 0.6 is 24.8 Å². The molecule has 8 heteroatoms. The van der Waals surface area contributed by atoms with E-state index in [2.05, 4.69) is 15.3 Å². The summed E-state index contributed by atoms with van der Waals surface area (Å²) in [5.74, 6) is 1.23. The molecule has 25 heavy (non-hydrogen) atoms. The first-order valence-electron chi connectivity index (χ1n) is 7.78. The Hall–Kier alpha value is -2.02. The van der Waals surface area contributed by atoms with Crippen LogP contribution in [0, 0.1) is 0 Å². The van der Waals surface area contributed by atoms with Crippen LogP contribution in [0.2, 0.25) is 0 Å². The highest BCUT2D eigenvalue weighted by atomic mass is 35.5. The van der Waals surface area contributed by atoms with Gasteiger partial charge in [-0.3, -0.25) is 4.79 Å². The Bertz CT molecular complexity index is 855. The highest BCUT2D eigenvalue weighted by Gasteiger charge is 2.36. The quantitative estimate of drug-likeness (QED) is 0.640. The van der Waals surface area contributed by atoms with Gasteiger partial charge in [-0.15, -0.1) is 24.8 Å². The van der Waals surface area contributed by atoms with E-state index in [-0.39, 0.29) is 30.7 Å². The van der Waals surface area contributed by atoms with Crippen LogP contribution in [0.3, 0.4) is 0 Å². The number of furan rings is 1. The summed E-state index contributed by atoms with van der Waals surface area (Å²) in [5, 5.41) is 2.93. The zero-order valence-corrected chi connectivity index (χ0v) is 15.1. The summed E-state index contributed by atoms with van der Waals surface area (Å²) in [4.78, 5) is 20.1. The van der Waals surface area contributed by atoms with Crippen LogP contribution in [0.5, 0.6) is 0 Å². The Morgan fingerprint density at radius 2 is 2.00 bits per heavy atom. The summed E-state index contributed by atoms with van der Waals surface area (Å²) < 4.78 is 5.34. The van der Waals surface area contributed by atoms with E-state index in [1.807, 2.05) is 30.3 Å². The summed E-state index contributed by atoms with van der Waals surface area (Å²) in [5.41, 5.74) is 7.83. The van der Waals surface area contributed by atoms with Gasteiger partial charge in [0.05, 0.1) is 22.8 Å². The molecule has 0 saturated heterocycles. The second kappa shape index (κ2) is 7.47. The van der Waals surface area contributed by atoms with E-state index in [4.69, 9.17) is 10.2 Å². The summed E-state index contributed by atoms with van der Waals surface area (Å²) >= 11 is 0. The molecule has 0 atom stereocenters. The fourth-order valence-corrected chi connectivity index (χ4v) is 3.11. The maximum atomic E-state index is 12.4. The molecule has 4 rings (SSSR count). The number of nitrogens with two attached hydrogens (primary N) is 1. The van der Waals surface area contributed by atoms with E-state index in [0.29, 0.717) is 17.3 Å². The van der Waals surface area contributed by atoms with Crippen molar-refractivity contribution in [1.82, 2.24) is 9.97 Å². The second-order valence-electron chi connectivity index (χ2n) is 6.11. The van der Waals surface area contributed by atoms with Crippen molar-refractivity contribution in [3.63, 3.8) is 0 Å². The van der Waals surface area contributed by atoms with Crippen molar-refractivity contribution in [3.05, 3.63) is 36.6 Å². The van der Waals surface area contributed by atoms with E-state index < -0.39 is 5.54 Å². The van der Waals surface area contributed by atoms with Crippen LogP contribution in [0.4, 0.5) is 5.69 Å². The molecule has 0 unspecified atom stereocenters. The number of aromatic nitrogens is 2. The van der Waals surface area contributed by atoms with Crippen LogP contribution in [0.15, 0.2) is 41.0 Å². The van der Waals surface area contributed by atoms with Gasteiger partial charge in [-0.25, -0.2) is 4.98 Å². The van der Waals surface area contributed by atoms with Gasteiger partial charge in [0.1, 0.15) is 0 Å². The molecule has 2 aromatic heterocycles. The van der Waals surface area contributed by atoms with Crippen LogP contribution in [-0.4, -0.2) is 21.4 Å². The molecular formula is C17H20Cl2N4O2. The van der Waals surface area contributed by atoms with Gasteiger partial charge in [-0.1, -0.05) is 12.8 Å². The number of aromatic amines is 1. The topological polar surface area (TPSA) is 96.9 Å². The largest absolute Gasteiger partial charge is 0.461 e. The molecule has 3 aromatic rings. The zero-order chi connectivity index (χ0) is 15.9. The van der Waals surface area contributed by atoms with Gasteiger partial charge in [0.15, 0.2) is 11.6 Å². The minimum Gasteiger partial charge on any atom is -0.461 e. The van der Waals surface area contributed by atoms with Gasteiger partial charge >= 0.3 is 0 Å². The molecule has 0 spiro atoms. The van der Waals surface area contributed by atoms with Crippen LogP contribution < -0.4 is 11.1 Å². The maximum Gasteiger partial charge on any atom is 0.244 e. The Morgan fingerprint density at radius 1 is 1.24 bits per heavy atom. The van der Waals surface area contributed by atoms with E-state index in [1.54, 1.807) is 6.26 Å². The number of nitrogens with zero attached hydrogens (tertiary/aromatic N) is 1. The zero-order valence-electron chi connectivity index (χ0n) is 13.5. The smallest absolute Gasteiger partial charge is 0.244 e. The molecule has 1 fully saturated rings. The molecule has 0 aliphatic heterocycles. The third-order valence-corrected chi connectivity index (χ3v) is 4.44. The fraction of sp³-hybridized carbons (Fsp3) is 0.294. The lowest BCUT2D eigenvalue weighted by molar-refractivity contribution is -0.121. The van der Waals surface area contributed by atoms with E-state index in [9.17, 15) is 4.79 Å². The number of amides is 1. The molecule has 6 nitrogen and oxygen atoms in total. The molecule has 1 saturated carbocycles. The number of halogens is 2. The number of hydrogen-bond donors (Lipinski definition) is 3. The Kier molecular flexibility index (Phi) is 5.77. The minimum absolute atomic E-state index is 0. The van der Waals surface area contributed by atoms with Crippen molar-refractivity contribution >= 4 is 47.4 Å². The van der Waals surface area contributed by atoms with Crippen LogP contribution in [0.1, 0.15) is 25.7 Å². The Labute approximate surface area is 157 Å². The number of fused-ring (bicyclic) bond motifs is 1. The Balaban J connectivity index is 0.00000113. The highest BCUT2D eigenvalue weighted by molar-refractivity contribution is 5.99. The van der Waals surface area contributed by atoms with E-state index >= 15 is 0 Å². The molecule has 0 radical (unpaired) electrons. The first kappa shape index (κ1) is 19.3. The maximum absolute atomic E-state index is 12.4. The molecule has 0 bridgehead atoms. The molecule has 4 N–H and O–H groups in total. The first-order chi connectivity index (χ1) is 11.1. The Morgan fingerprint density at radius 3 is 2.68 bits per heavy atom. The number of carbonyl (C=O) groups is 1. The monoisotopic (exact) mass is 382 g/mol. The second-order valence-corrected chi connectivity index (χ2v) is 6.11. The third kappa shape index (κ3) is 3.66. The van der Waals surface area contributed by atoms with Crippen molar-refractivity contribution in [2.75, 3.05) is 5.32 Å². The number of hydrogen-bond acceptors (Lipinski definition) is 4. The average molecular weight is 383 g/mol. The van der Waals surface area contributed by atoms with Gasteiger partial charge < -0.3 is 20.5 Å². The van der Waals surface area contributed by atoms with Crippen molar-refractivity contribution in [3.8, 4) is 11.6 Å². The van der Waals surface area contributed by atoms with Gasteiger partial charge in [-0.05, 0) is 43.2 Å². The number of rotatable bonds is 3. The van der Waals surface area contributed by atoms with Gasteiger partial charge in [-0.2, -0.15) is 0 Å². The van der Waals surface area contributed by atoms with E-state index in [1.165, 1.54) is 0 Å². The van der Waals surface area contributed by atoms with E-state index in [0.717, 1.165) is 36.7 Å². The fourth-order valence-electron chi connectivity index (χ4n) is 3.11. The SMILES string of the molecule is Cl.Cl.NC1(C(=O)Nc2ccc3nc(-c4ccco4)[nH]c3c2)CCCC1. The van der Waals surface area contributed by atoms with Crippen LogP contribution in [0.25, 0.3) is 22.6 Å². The van der Waals surface area contributed by atoms with Gasteiger partial charge in [0.25, 0.3) is 0 Å². The highest BCUT2D eigenvalue weighted by Crippen LogP contribution is 2.29. The third-order valence-electron chi connectivity index (χ3n) is 4.44. The number of carbonyl (C=O) groups excluding carboxylic acids is 1. The average Bonchev–Trinajstić information content (AvgIpc) is 3.27. The summed E-state index contributed by atoms with van der Waals surface area (Å²) in [7, 11) is 0. The molecule has 2 heterocycles. The summed E-state index contributed by atoms with van der Waals surface area (Å²) in [6, 6.07) is 9.23. The van der Waals surface area contributed by atoms with Crippen molar-refractivity contribution in [1.29, 1.82) is 0 Å². The molecule has 1 aliphatic carbocycles. The van der Waals surface area contributed by atoms with Gasteiger partial charge in [0, 0.05) is 5.69 Å². The van der Waals surface area contributed by atoms with Crippen molar-refractivity contribution in [2.45, 2.75) is 31.2 Å². The first-order valence-corrected chi connectivity index (χ1v) is 7.78. The lowest BCUT2D eigenvalue weighted by Crippen LogP contribution is -2.48. The summed E-state index contributed by atoms with van der Waals surface area (Å²) in [6.45, 7) is 0. The summed E-state index contributed by atoms with van der Waals surface area (Å²) in [6.07, 6.45) is 5.12. The number of imidazole rings is 1. The lowest BCUT2D eigenvalue weighted by Gasteiger charge is -2.22. The molecular weight excluding hydrogens is 363 g/mol. The normalized spacial score (nSPS) is 15.4. The predicted molar refractivity (Wildman–Crippen MR) is 102 cm³/mol. The lowest BCUT2D eigenvalue weighted by atomic mass is 9.98. The molecule has 1 amide bonds.